The molecule has 45 heavy (non-hydrogen) atoms. The van der Waals surface area contributed by atoms with Crippen LogP contribution in [0.5, 0.6) is 0 Å². The fourth-order valence-electron chi connectivity index (χ4n) is 5.10. The maximum Gasteiger partial charge on any atom is 0.289 e. The molecule has 0 spiro atoms. The van der Waals surface area contributed by atoms with E-state index in [1.165, 1.54) is 11.7 Å². The second-order valence-corrected chi connectivity index (χ2v) is 12.1. The summed E-state index contributed by atoms with van der Waals surface area (Å²) in [5.41, 5.74) is 3.34. The number of aryl methyl sites for hydroxylation is 1. The number of rotatable bonds is 11. The Morgan fingerprint density at radius 3 is 2.31 bits per heavy atom. The first-order valence-electron chi connectivity index (χ1n) is 15.3. The van der Waals surface area contributed by atoms with Gasteiger partial charge in [0, 0.05) is 43.0 Å². The van der Waals surface area contributed by atoms with Crippen molar-refractivity contribution >= 4 is 29.5 Å². The molecule has 3 aromatic rings. The Bertz CT molecular complexity index is 1680. The SMILES string of the molecule is CCCN(CCC)C(=O)C1=CNC(Nc2cc(-c3cccc(NC(=O)c4ccc(C(C)(C)C)cc4)c3C=O)nn(C)c2=O)C=C1. The molecular weight excluding hydrogens is 568 g/mol. The molecule has 1 aliphatic heterocycles. The Balaban J connectivity index is 1.55. The zero-order valence-electron chi connectivity index (χ0n) is 26.8. The zero-order chi connectivity index (χ0) is 32.7. The van der Waals surface area contributed by atoms with Gasteiger partial charge in [-0.3, -0.25) is 19.2 Å². The summed E-state index contributed by atoms with van der Waals surface area (Å²) in [6.07, 6.45) is 7.14. The zero-order valence-corrected chi connectivity index (χ0v) is 26.8. The number of hydrogen-bond donors (Lipinski definition) is 3. The standard InChI is InChI=1S/C35H42N6O4/c1-7-18-41(19-8-2)33(44)24-14-17-31(36-21-24)37-30-20-29(39-40(6)34(30)45)26-10-9-11-28(27(26)22-42)38-32(43)23-12-15-25(16-13-23)35(3,4)5/h9-17,20-22,31,36-37H,7-8,18-19H2,1-6H3,(H,38,43). The van der Waals surface area contributed by atoms with Crippen LogP contribution >= 0.6 is 0 Å². The van der Waals surface area contributed by atoms with Crippen molar-refractivity contribution < 1.29 is 14.4 Å². The van der Waals surface area contributed by atoms with Crippen molar-refractivity contribution in [2.75, 3.05) is 23.7 Å². The first-order valence-corrected chi connectivity index (χ1v) is 15.3. The molecule has 236 valence electrons. The van der Waals surface area contributed by atoms with Crippen molar-refractivity contribution in [1.82, 2.24) is 20.0 Å². The Kier molecular flexibility index (Phi) is 10.4. The van der Waals surface area contributed by atoms with Gasteiger partial charge < -0.3 is 20.9 Å². The van der Waals surface area contributed by atoms with Gasteiger partial charge in [-0.25, -0.2) is 4.68 Å². The summed E-state index contributed by atoms with van der Waals surface area (Å²) < 4.78 is 1.19. The van der Waals surface area contributed by atoms with Crippen molar-refractivity contribution in [2.45, 2.75) is 59.0 Å². The first kappa shape index (κ1) is 32.9. The lowest BCUT2D eigenvalue weighted by Gasteiger charge is -2.25. The van der Waals surface area contributed by atoms with Crippen LogP contribution in [0.4, 0.5) is 11.4 Å². The van der Waals surface area contributed by atoms with Gasteiger partial charge in [-0.15, -0.1) is 0 Å². The summed E-state index contributed by atoms with van der Waals surface area (Å²) in [6.45, 7) is 11.8. The quantitative estimate of drug-likeness (QED) is 0.254. The van der Waals surface area contributed by atoms with E-state index >= 15 is 0 Å². The van der Waals surface area contributed by atoms with Crippen molar-refractivity contribution in [3.05, 3.63) is 99.5 Å². The van der Waals surface area contributed by atoms with Crippen LogP contribution in [0, 0.1) is 0 Å². The smallest absolute Gasteiger partial charge is 0.289 e. The van der Waals surface area contributed by atoms with Gasteiger partial charge in [0.15, 0.2) is 6.29 Å². The van der Waals surface area contributed by atoms with Crippen LogP contribution in [0.3, 0.4) is 0 Å². The summed E-state index contributed by atoms with van der Waals surface area (Å²) in [5.74, 6) is -0.390. The molecule has 0 fully saturated rings. The molecule has 0 bridgehead atoms. The number of carbonyl (C=O) groups is 3. The molecule has 1 unspecified atom stereocenters. The molecular formula is C35H42N6O4. The van der Waals surface area contributed by atoms with Crippen molar-refractivity contribution in [3.8, 4) is 11.3 Å². The van der Waals surface area contributed by atoms with Crippen molar-refractivity contribution in [1.29, 1.82) is 0 Å². The molecule has 2 heterocycles. The van der Waals surface area contributed by atoms with Gasteiger partial charge in [0.25, 0.3) is 17.4 Å². The van der Waals surface area contributed by atoms with Crippen LogP contribution in [-0.2, 0) is 17.3 Å². The van der Waals surface area contributed by atoms with E-state index in [-0.39, 0.29) is 34.0 Å². The molecule has 4 rings (SSSR count). The largest absolute Gasteiger partial charge is 0.367 e. The van der Waals surface area contributed by atoms with Crippen LogP contribution in [0.25, 0.3) is 11.3 Å². The molecule has 0 saturated carbocycles. The van der Waals surface area contributed by atoms with Crippen LogP contribution in [-0.4, -0.2) is 52.0 Å². The van der Waals surface area contributed by atoms with E-state index in [9.17, 15) is 19.2 Å². The summed E-state index contributed by atoms with van der Waals surface area (Å²) in [6, 6.07) is 14.0. The number of aldehydes is 1. The van der Waals surface area contributed by atoms with Crippen LogP contribution in [0.15, 0.2) is 77.3 Å². The van der Waals surface area contributed by atoms with E-state index in [0.717, 1.165) is 18.4 Å². The van der Waals surface area contributed by atoms with E-state index < -0.39 is 6.17 Å². The maximum absolute atomic E-state index is 13.1. The number of amides is 2. The number of aromatic nitrogens is 2. The highest BCUT2D eigenvalue weighted by Crippen LogP contribution is 2.28. The Hall–Kier alpha value is -4.99. The molecule has 10 nitrogen and oxygen atoms in total. The van der Waals surface area contributed by atoms with E-state index in [1.807, 2.05) is 30.9 Å². The van der Waals surface area contributed by atoms with Gasteiger partial charge in [0.05, 0.1) is 17.0 Å². The molecule has 10 heteroatoms. The molecule has 1 aromatic heterocycles. The third-order valence-electron chi connectivity index (χ3n) is 7.54. The van der Waals surface area contributed by atoms with E-state index in [2.05, 4.69) is 41.8 Å². The van der Waals surface area contributed by atoms with Crippen LogP contribution in [0.1, 0.15) is 73.7 Å². The van der Waals surface area contributed by atoms with Crippen LogP contribution in [0.2, 0.25) is 0 Å². The van der Waals surface area contributed by atoms with Gasteiger partial charge >= 0.3 is 0 Å². The van der Waals surface area contributed by atoms with Gasteiger partial charge in [0.1, 0.15) is 11.9 Å². The highest BCUT2D eigenvalue weighted by atomic mass is 16.2. The van der Waals surface area contributed by atoms with Gasteiger partial charge in [-0.05, 0) is 60.2 Å². The normalized spacial score (nSPS) is 14.3. The predicted octanol–water partition coefficient (Wildman–Crippen LogP) is 5.24. The minimum Gasteiger partial charge on any atom is -0.367 e. The fraction of sp³-hybridized carbons (Fsp3) is 0.343. The third kappa shape index (κ3) is 7.75. The number of nitrogens with zero attached hydrogens (tertiary/aromatic N) is 3. The fourth-order valence-corrected chi connectivity index (χ4v) is 5.10. The Morgan fingerprint density at radius 2 is 1.73 bits per heavy atom. The third-order valence-corrected chi connectivity index (χ3v) is 7.54. The second-order valence-electron chi connectivity index (χ2n) is 12.1. The summed E-state index contributed by atoms with van der Waals surface area (Å²) >= 11 is 0. The van der Waals surface area contributed by atoms with E-state index in [1.54, 1.807) is 54.8 Å². The second kappa shape index (κ2) is 14.2. The van der Waals surface area contributed by atoms with Crippen molar-refractivity contribution in [3.63, 3.8) is 0 Å². The molecule has 0 saturated heterocycles. The average molecular weight is 611 g/mol. The molecule has 0 aliphatic carbocycles. The van der Waals surface area contributed by atoms with Crippen LogP contribution < -0.4 is 21.5 Å². The molecule has 2 amide bonds. The average Bonchev–Trinajstić information content (AvgIpc) is 3.02. The van der Waals surface area contributed by atoms with Gasteiger partial charge in [-0.2, -0.15) is 5.10 Å². The predicted molar refractivity (Wildman–Crippen MR) is 178 cm³/mol. The number of hydrogen-bond acceptors (Lipinski definition) is 7. The van der Waals surface area contributed by atoms with Crippen molar-refractivity contribution in [2.24, 2.45) is 7.05 Å². The lowest BCUT2D eigenvalue weighted by Crippen LogP contribution is -2.39. The minimum absolute atomic E-state index is 0.0432. The molecule has 3 N–H and O–H groups in total. The summed E-state index contributed by atoms with van der Waals surface area (Å²) in [5, 5.41) is 13.6. The lowest BCUT2D eigenvalue weighted by molar-refractivity contribution is -0.126. The number of dihydropyridines is 1. The first-order chi connectivity index (χ1) is 21.5. The van der Waals surface area contributed by atoms with E-state index in [4.69, 9.17) is 0 Å². The highest BCUT2D eigenvalue weighted by molar-refractivity contribution is 6.08. The minimum atomic E-state index is -0.462. The Morgan fingerprint density at radius 1 is 1.04 bits per heavy atom. The summed E-state index contributed by atoms with van der Waals surface area (Å²) in [7, 11) is 1.53. The molecule has 1 atom stereocenters. The number of anilines is 2. The number of benzene rings is 2. The van der Waals surface area contributed by atoms with E-state index in [0.29, 0.717) is 47.5 Å². The summed E-state index contributed by atoms with van der Waals surface area (Å²) in [4.78, 5) is 53.3. The number of nitrogens with one attached hydrogen (secondary N) is 3. The maximum atomic E-state index is 13.1. The highest BCUT2D eigenvalue weighted by Gasteiger charge is 2.21. The number of carbonyl (C=O) groups excluding carboxylic acids is 3. The lowest BCUT2D eigenvalue weighted by atomic mass is 9.86. The van der Waals surface area contributed by atoms with Gasteiger partial charge in [0.2, 0.25) is 0 Å². The molecule has 0 radical (unpaired) electrons. The Labute approximate surface area is 264 Å². The molecule has 2 aromatic carbocycles. The molecule has 1 aliphatic rings. The monoisotopic (exact) mass is 610 g/mol. The van der Waals surface area contributed by atoms with Gasteiger partial charge in [-0.1, -0.05) is 58.9 Å². The topological polar surface area (TPSA) is 125 Å².